The summed E-state index contributed by atoms with van der Waals surface area (Å²) in [6.07, 6.45) is 5.70. The zero-order valence-electron chi connectivity index (χ0n) is 12.7. The van der Waals surface area contributed by atoms with Crippen LogP contribution in [0.4, 0.5) is 0 Å². The zero-order chi connectivity index (χ0) is 15.8. The predicted octanol–water partition coefficient (Wildman–Crippen LogP) is 5.97. The number of oxime groups is 1. The minimum atomic E-state index is 0.325. The van der Waals surface area contributed by atoms with Crippen molar-refractivity contribution in [3.63, 3.8) is 0 Å². The topological polar surface area (TPSA) is 21.6 Å². The first-order valence-electron chi connectivity index (χ1n) is 6.53. The van der Waals surface area contributed by atoms with E-state index in [0.29, 0.717) is 5.25 Å². The Kier molecular flexibility index (Phi) is 8.01. The molecule has 21 heavy (non-hydrogen) atoms. The highest BCUT2D eigenvalue weighted by Crippen LogP contribution is 2.38. The van der Waals surface area contributed by atoms with E-state index in [9.17, 15) is 0 Å². The molecule has 0 amide bonds. The first kappa shape index (κ1) is 18.2. The molecule has 1 unspecified atom stereocenters. The number of fused-ring (bicyclic) bond motifs is 1. The minimum Gasteiger partial charge on any atom is -0.322 e. The van der Waals surface area contributed by atoms with Crippen LogP contribution in [0.5, 0.6) is 0 Å². The van der Waals surface area contributed by atoms with Crippen LogP contribution in [0, 0.1) is 0 Å². The summed E-state index contributed by atoms with van der Waals surface area (Å²) in [7, 11) is 0. The molecule has 0 bridgehead atoms. The molecule has 1 aromatic carbocycles. The van der Waals surface area contributed by atoms with Crippen molar-refractivity contribution in [1.82, 2.24) is 0 Å². The molecule has 114 valence electrons. The molecule has 0 N–H and O–H groups in total. The first-order valence-corrected chi connectivity index (χ1v) is 8.93. The van der Waals surface area contributed by atoms with E-state index in [1.807, 2.05) is 50.5 Å². The van der Waals surface area contributed by atoms with Gasteiger partial charge in [-0.2, -0.15) is 0 Å². The second kappa shape index (κ2) is 9.23. The fourth-order valence-electron chi connectivity index (χ4n) is 1.59. The number of allylic oxidation sites excluding steroid dienone is 3. The Balaban J connectivity index is 0.000000315. The standard InChI is InChI=1S/C10H10ClNOS2.C6H10/c1-6-10(12-13-14-2)8-5-7(11)3-4-9(8)15-6;1-4-6(3)5-2/h3-6H,1-2H3;4-5H,1H2,2-3H3/b12-10+;6-5-. The van der Waals surface area contributed by atoms with Crippen LogP contribution in [0.15, 0.2) is 52.6 Å². The Hall–Kier alpha value is -0.840. The van der Waals surface area contributed by atoms with Gasteiger partial charge in [0.2, 0.25) is 0 Å². The molecule has 0 saturated heterocycles. The molecule has 2 nitrogen and oxygen atoms in total. The maximum Gasteiger partial charge on any atom is 0.103 e. The van der Waals surface area contributed by atoms with Gasteiger partial charge in [-0.1, -0.05) is 41.1 Å². The number of thioether (sulfide) groups is 1. The highest BCUT2D eigenvalue weighted by molar-refractivity contribution is 8.01. The Morgan fingerprint density at radius 3 is 2.76 bits per heavy atom. The van der Waals surface area contributed by atoms with Crippen LogP contribution >= 0.6 is 35.4 Å². The van der Waals surface area contributed by atoms with Crippen molar-refractivity contribution in [2.45, 2.75) is 30.9 Å². The van der Waals surface area contributed by atoms with Gasteiger partial charge < -0.3 is 4.28 Å². The monoisotopic (exact) mass is 341 g/mol. The molecule has 0 aromatic heterocycles. The van der Waals surface area contributed by atoms with E-state index in [-0.39, 0.29) is 0 Å². The van der Waals surface area contributed by atoms with Crippen molar-refractivity contribution < 1.29 is 4.28 Å². The van der Waals surface area contributed by atoms with Gasteiger partial charge in [-0.05, 0) is 39.0 Å². The number of hydrogen-bond donors (Lipinski definition) is 0. The zero-order valence-corrected chi connectivity index (χ0v) is 15.1. The van der Waals surface area contributed by atoms with Gasteiger partial charge in [-0.15, -0.1) is 11.8 Å². The van der Waals surface area contributed by atoms with Crippen LogP contribution in [-0.4, -0.2) is 17.2 Å². The first-order chi connectivity index (χ1) is 10.0. The largest absolute Gasteiger partial charge is 0.322 e. The quantitative estimate of drug-likeness (QED) is 0.384. The van der Waals surface area contributed by atoms with Crippen molar-refractivity contribution in [3.8, 4) is 0 Å². The molecule has 0 saturated carbocycles. The third-order valence-corrected chi connectivity index (χ3v) is 4.54. The fourth-order valence-corrected chi connectivity index (χ4v) is 3.02. The van der Waals surface area contributed by atoms with E-state index in [4.69, 9.17) is 15.9 Å². The summed E-state index contributed by atoms with van der Waals surface area (Å²) >= 11 is 8.98. The lowest BCUT2D eigenvalue weighted by atomic mass is 10.1. The summed E-state index contributed by atoms with van der Waals surface area (Å²) < 4.78 is 5.03. The number of nitrogens with zero attached hydrogens (tertiary/aromatic N) is 1. The number of benzene rings is 1. The molecule has 5 heteroatoms. The van der Waals surface area contributed by atoms with Crippen molar-refractivity contribution >= 4 is 41.1 Å². The van der Waals surface area contributed by atoms with Crippen molar-refractivity contribution in [2.24, 2.45) is 5.16 Å². The molecule has 0 radical (unpaired) electrons. The summed E-state index contributed by atoms with van der Waals surface area (Å²) in [6.45, 7) is 9.69. The lowest BCUT2D eigenvalue weighted by Gasteiger charge is -2.01. The molecule has 1 aliphatic heterocycles. The van der Waals surface area contributed by atoms with Crippen LogP contribution in [0.25, 0.3) is 0 Å². The average Bonchev–Trinajstić information content (AvgIpc) is 2.80. The van der Waals surface area contributed by atoms with Gasteiger partial charge in [0.1, 0.15) is 5.71 Å². The fraction of sp³-hybridized carbons (Fsp3) is 0.312. The molecule has 0 fully saturated rings. The van der Waals surface area contributed by atoms with E-state index in [1.165, 1.54) is 22.5 Å². The SMILES string of the molecule is C=C/C(C)=C\C.CSO/N=C1/c2cc(Cl)ccc2SC1C. The second-order valence-electron chi connectivity index (χ2n) is 4.36. The van der Waals surface area contributed by atoms with Crippen molar-refractivity contribution in [1.29, 1.82) is 0 Å². The summed E-state index contributed by atoms with van der Waals surface area (Å²) in [5, 5.41) is 5.17. The van der Waals surface area contributed by atoms with E-state index in [2.05, 4.69) is 18.7 Å². The Labute approximate surface area is 140 Å². The van der Waals surface area contributed by atoms with Gasteiger partial charge in [0.15, 0.2) is 0 Å². The molecule has 1 aliphatic rings. The van der Waals surface area contributed by atoms with Gasteiger partial charge in [0, 0.05) is 21.7 Å². The summed E-state index contributed by atoms with van der Waals surface area (Å²) in [6, 6.07) is 5.87. The van der Waals surface area contributed by atoms with Crippen LogP contribution < -0.4 is 0 Å². The molecule has 1 heterocycles. The lowest BCUT2D eigenvalue weighted by Crippen LogP contribution is -2.08. The Morgan fingerprint density at radius 2 is 2.24 bits per heavy atom. The number of halogens is 1. The molecule has 1 atom stereocenters. The van der Waals surface area contributed by atoms with E-state index in [0.717, 1.165) is 16.3 Å². The third-order valence-electron chi connectivity index (χ3n) is 2.89. The third kappa shape index (κ3) is 5.46. The predicted molar refractivity (Wildman–Crippen MR) is 97.5 cm³/mol. The maximum absolute atomic E-state index is 5.96. The summed E-state index contributed by atoms with van der Waals surface area (Å²) in [5.41, 5.74) is 3.29. The molecule has 1 aromatic rings. The maximum atomic E-state index is 5.96. The van der Waals surface area contributed by atoms with E-state index in [1.54, 1.807) is 11.8 Å². The highest BCUT2D eigenvalue weighted by atomic mass is 35.5. The van der Waals surface area contributed by atoms with Crippen molar-refractivity contribution in [2.75, 3.05) is 6.26 Å². The van der Waals surface area contributed by atoms with Gasteiger partial charge in [-0.3, -0.25) is 0 Å². The molecule has 0 aliphatic carbocycles. The van der Waals surface area contributed by atoms with Gasteiger partial charge in [-0.25, -0.2) is 0 Å². The van der Waals surface area contributed by atoms with Crippen LogP contribution in [0.1, 0.15) is 26.3 Å². The summed E-state index contributed by atoms with van der Waals surface area (Å²) in [4.78, 5) is 1.22. The van der Waals surface area contributed by atoms with Crippen LogP contribution in [-0.2, 0) is 4.28 Å². The number of rotatable bonds is 3. The van der Waals surface area contributed by atoms with Crippen molar-refractivity contribution in [3.05, 3.63) is 53.1 Å². The van der Waals surface area contributed by atoms with E-state index < -0.39 is 0 Å². The van der Waals surface area contributed by atoms with Crippen LogP contribution in [0.3, 0.4) is 0 Å². The van der Waals surface area contributed by atoms with Gasteiger partial charge in [0.25, 0.3) is 0 Å². The second-order valence-corrected chi connectivity index (χ2v) is 6.66. The molecule has 2 rings (SSSR count). The minimum absolute atomic E-state index is 0.325. The van der Waals surface area contributed by atoms with Gasteiger partial charge in [0.05, 0.1) is 17.3 Å². The van der Waals surface area contributed by atoms with Crippen LogP contribution in [0.2, 0.25) is 5.02 Å². The summed E-state index contributed by atoms with van der Waals surface area (Å²) in [5.74, 6) is 0. The normalized spacial score (nSPS) is 18.8. The van der Waals surface area contributed by atoms with Gasteiger partial charge >= 0.3 is 0 Å². The highest BCUT2D eigenvalue weighted by Gasteiger charge is 2.26. The Bertz CT molecular complexity index is 555. The molecular formula is C16H20ClNOS2. The average molecular weight is 342 g/mol. The lowest BCUT2D eigenvalue weighted by molar-refractivity contribution is 0.407. The Morgan fingerprint density at radius 1 is 1.52 bits per heavy atom. The number of hydrogen-bond acceptors (Lipinski definition) is 4. The molecular weight excluding hydrogens is 322 g/mol. The smallest absolute Gasteiger partial charge is 0.103 e. The molecule has 0 spiro atoms. The van der Waals surface area contributed by atoms with E-state index >= 15 is 0 Å².